The first-order valence-electron chi connectivity index (χ1n) is 7.74. The van der Waals surface area contributed by atoms with Crippen molar-refractivity contribution in [3.05, 3.63) is 95.0 Å². The molecule has 0 bridgehead atoms. The molecule has 0 radical (unpaired) electrons. The second kappa shape index (κ2) is 8.58. The highest BCUT2D eigenvalue weighted by molar-refractivity contribution is 9.10. The zero-order valence-electron chi connectivity index (χ0n) is 13.9. The Kier molecular flexibility index (Phi) is 6.48. The van der Waals surface area contributed by atoms with Crippen LogP contribution in [0.5, 0.6) is 0 Å². The molecule has 0 saturated heterocycles. The largest absolute Gasteiger partial charge is 0.466 e. The highest BCUT2D eigenvalue weighted by atomic mass is 79.9. The zero-order valence-corrected chi connectivity index (χ0v) is 15.5. The van der Waals surface area contributed by atoms with Crippen molar-refractivity contribution >= 4 is 27.7 Å². The SMILES string of the molecule is C=C[C@H](C(=O)c1ccccc1)[C@@H](C(=C)C(=O)OC)c1cccc(Br)c1. The second-order valence-electron chi connectivity index (χ2n) is 5.54. The fourth-order valence-corrected chi connectivity index (χ4v) is 3.19. The number of rotatable bonds is 7. The van der Waals surface area contributed by atoms with Crippen LogP contribution in [0.3, 0.4) is 0 Å². The number of esters is 1. The third kappa shape index (κ3) is 4.34. The summed E-state index contributed by atoms with van der Waals surface area (Å²) >= 11 is 3.43. The van der Waals surface area contributed by atoms with Crippen LogP contribution in [0.25, 0.3) is 0 Å². The predicted molar refractivity (Wildman–Crippen MR) is 102 cm³/mol. The molecule has 4 heteroatoms. The lowest BCUT2D eigenvalue weighted by Gasteiger charge is -2.25. The lowest BCUT2D eigenvalue weighted by atomic mass is 9.77. The van der Waals surface area contributed by atoms with Gasteiger partial charge in [0.05, 0.1) is 13.0 Å². The van der Waals surface area contributed by atoms with Crippen LogP contribution in [-0.2, 0) is 9.53 Å². The van der Waals surface area contributed by atoms with Gasteiger partial charge in [-0.1, -0.05) is 71.0 Å². The van der Waals surface area contributed by atoms with E-state index in [1.165, 1.54) is 7.11 Å². The first kappa shape index (κ1) is 18.9. The average Bonchev–Trinajstić information content (AvgIpc) is 2.65. The maximum Gasteiger partial charge on any atom is 0.333 e. The number of hydrogen-bond acceptors (Lipinski definition) is 3. The van der Waals surface area contributed by atoms with Crippen LogP contribution in [0.1, 0.15) is 21.8 Å². The minimum Gasteiger partial charge on any atom is -0.466 e. The van der Waals surface area contributed by atoms with E-state index in [-0.39, 0.29) is 11.4 Å². The number of ether oxygens (including phenoxy) is 1. The smallest absolute Gasteiger partial charge is 0.333 e. The van der Waals surface area contributed by atoms with Crippen LogP contribution in [-0.4, -0.2) is 18.9 Å². The highest BCUT2D eigenvalue weighted by Gasteiger charge is 2.33. The molecule has 0 amide bonds. The molecule has 128 valence electrons. The number of halogens is 1. The number of Topliss-reactive ketones (excluding diaryl/α,β-unsaturated/α-hetero) is 1. The Balaban J connectivity index is 2.52. The number of hydrogen-bond donors (Lipinski definition) is 0. The van der Waals surface area contributed by atoms with E-state index in [2.05, 4.69) is 29.1 Å². The molecule has 2 rings (SSSR count). The lowest BCUT2D eigenvalue weighted by Crippen LogP contribution is -2.25. The molecular formula is C21H19BrO3. The van der Waals surface area contributed by atoms with Crippen LogP contribution in [0.15, 0.2) is 83.9 Å². The number of allylic oxidation sites excluding steroid dienone is 1. The summed E-state index contributed by atoms with van der Waals surface area (Å²) in [5, 5.41) is 0. The summed E-state index contributed by atoms with van der Waals surface area (Å²) in [6, 6.07) is 16.4. The second-order valence-corrected chi connectivity index (χ2v) is 6.46. The Hall–Kier alpha value is -2.46. The lowest BCUT2D eigenvalue weighted by molar-refractivity contribution is -0.136. The van der Waals surface area contributed by atoms with Gasteiger partial charge in [0.15, 0.2) is 5.78 Å². The van der Waals surface area contributed by atoms with E-state index >= 15 is 0 Å². The quantitative estimate of drug-likeness (QED) is 0.287. The summed E-state index contributed by atoms with van der Waals surface area (Å²) in [4.78, 5) is 25.1. The van der Waals surface area contributed by atoms with Gasteiger partial charge < -0.3 is 4.74 Å². The van der Waals surface area contributed by atoms with E-state index in [4.69, 9.17) is 4.74 Å². The van der Waals surface area contributed by atoms with E-state index in [0.717, 1.165) is 10.0 Å². The number of carbonyl (C=O) groups is 2. The van der Waals surface area contributed by atoms with Crippen molar-refractivity contribution in [2.75, 3.05) is 7.11 Å². The van der Waals surface area contributed by atoms with Crippen molar-refractivity contribution in [1.82, 2.24) is 0 Å². The van der Waals surface area contributed by atoms with Gasteiger partial charge in [0.2, 0.25) is 0 Å². The van der Waals surface area contributed by atoms with E-state index in [1.807, 2.05) is 30.3 Å². The molecule has 25 heavy (non-hydrogen) atoms. The van der Waals surface area contributed by atoms with E-state index in [9.17, 15) is 9.59 Å². The summed E-state index contributed by atoms with van der Waals surface area (Å²) in [5.41, 5.74) is 1.57. The third-order valence-electron chi connectivity index (χ3n) is 4.00. The molecule has 0 saturated carbocycles. The van der Waals surface area contributed by atoms with Gasteiger partial charge in [0.1, 0.15) is 0 Å². The first-order chi connectivity index (χ1) is 12.0. The Labute approximate surface area is 156 Å². The maximum atomic E-state index is 13.0. The van der Waals surface area contributed by atoms with Crippen molar-refractivity contribution in [2.24, 2.45) is 5.92 Å². The number of methoxy groups -OCH3 is 1. The minimum absolute atomic E-state index is 0.120. The molecule has 2 atom stereocenters. The van der Waals surface area contributed by atoms with Gasteiger partial charge in [-0.15, -0.1) is 6.58 Å². The van der Waals surface area contributed by atoms with E-state index in [1.54, 1.807) is 30.3 Å². The molecule has 3 nitrogen and oxygen atoms in total. The molecular weight excluding hydrogens is 380 g/mol. The fourth-order valence-electron chi connectivity index (χ4n) is 2.77. The Morgan fingerprint density at radius 3 is 2.36 bits per heavy atom. The topological polar surface area (TPSA) is 43.4 Å². The number of ketones is 1. The van der Waals surface area contributed by atoms with Gasteiger partial charge in [-0.05, 0) is 17.7 Å². The zero-order chi connectivity index (χ0) is 18.4. The molecule has 0 unspecified atom stereocenters. The monoisotopic (exact) mass is 398 g/mol. The van der Waals surface area contributed by atoms with Crippen LogP contribution in [0, 0.1) is 5.92 Å². The number of carbonyl (C=O) groups excluding carboxylic acids is 2. The Morgan fingerprint density at radius 2 is 1.80 bits per heavy atom. The standard InChI is InChI=1S/C21H19BrO3/c1-4-18(20(23)15-9-6-5-7-10-15)19(14(2)21(24)25-3)16-11-8-12-17(22)13-16/h4-13,18-19H,1-2H2,3H3/t18-,19-/m0/s1. The van der Waals surface area contributed by atoms with E-state index in [0.29, 0.717) is 5.56 Å². The summed E-state index contributed by atoms with van der Waals surface area (Å²) in [6.45, 7) is 7.71. The molecule has 0 spiro atoms. The van der Waals surface area contributed by atoms with Gasteiger partial charge in [0, 0.05) is 21.5 Å². The molecule has 0 aliphatic rings. The molecule has 0 aromatic heterocycles. The molecule has 0 fully saturated rings. The normalized spacial score (nSPS) is 12.7. The predicted octanol–water partition coefficient (Wildman–Crippen LogP) is 4.95. The molecule has 0 aliphatic carbocycles. The van der Waals surface area contributed by atoms with Gasteiger partial charge in [-0.25, -0.2) is 4.79 Å². The van der Waals surface area contributed by atoms with Crippen LogP contribution >= 0.6 is 15.9 Å². The van der Waals surface area contributed by atoms with Gasteiger partial charge in [-0.2, -0.15) is 0 Å². The summed E-state index contributed by atoms with van der Waals surface area (Å²) in [6.07, 6.45) is 1.56. The molecule has 0 N–H and O–H groups in total. The fraction of sp³-hybridized carbons (Fsp3) is 0.143. The maximum absolute atomic E-state index is 13.0. The minimum atomic E-state index is -0.636. The summed E-state index contributed by atoms with van der Waals surface area (Å²) in [7, 11) is 1.30. The Morgan fingerprint density at radius 1 is 1.12 bits per heavy atom. The molecule has 2 aromatic carbocycles. The van der Waals surface area contributed by atoms with Crippen LogP contribution < -0.4 is 0 Å². The van der Waals surface area contributed by atoms with Crippen molar-refractivity contribution in [3.63, 3.8) is 0 Å². The molecule has 0 heterocycles. The van der Waals surface area contributed by atoms with Crippen molar-refractivity contribution in [1.29, 1.82) is 0 Å². The van der Waals surface area contributed by atoms with Crippen molar-refractivity contribution < 1.29 is 14.3 Å². The van der Waals surface area contributed by atoms with Gasteiger partial charge >= 0.3 is 5.97 Å². The van der Waals surface area contributed by atoms with Crippen molar-refractivity contribution in [2.45, 2.75) is 5.92 Å². The summed E-state index contributed by atoms with van der Waals surface area (Å²) in [5.74, 6) is -1.86. The van der Waals surface area contributed by atoms with Crippen LogP contribution in [0.2, 0.25) is 0 Å². The van der Waals surface area contributed by atoms with Crippen molar-refractivity contribution in [3.8, 4) is 0 Å². The first-order valence-corrected chi connectivity index (χ1v) is 8.53. The Bertz CT molecular complexity index is 796. The van der Waals surface area contributed by atoms with E-state index < -0.39 is 17.8 Å². The molecule has 0 aliphatic heterocycles. The average molecular weight is 399 g/mol. The summed E-state index contributed by atoms with van der Waals surface area (Å²) < 4.78 is 5.68. The van der Waals surface area contributed by atoms with Gasteiger partial charge in [0.25, 0.3) is 0 Å². The highest BCUT2D eigenvalue weighted by Crippen LogP contribution is 2.36. The molecule has 2 aromatic rings. The third-order valence-corrected chi connectivity index (χ3v) is 4.50. The number of benzene rings is 2. The van der Waals surface area contributed by atoms with Crippen LogP contribution in [0.4, 0.5) is 0 Å². The van der Waals surface area contributed by atoms with Gasteiger partial charge in [-0.3, -0.25) is 4.79 Å².